The number of cyclic esters (lactones) is 2. The number of amides is 2. The van der Waals surface area contributed by atoms with Gasteiger partial charge in [-0.2, -0.15) is 0 Å². The summed E-state index contributed by atoms with van der Waals surface area (Å²) in [4.78, 5) is 40.2. The first-order valence-electron chi connectivity index (χ1n) is 13.5. The van der Waals surface area contributed by atoms with Crippen LogP contribution in [0.3, 0.4) is 0 Å². The number of hydrogen-bond donors (Lipinski definition) is 0. The van der Waals surface area contributed by atoms with Crippen molar-refractivity contribution in [2.75, 3.05) is 6.61 Å². The zero-order valence-corrected chi connectivity index (χ0v) is 21.8. The second kappa shape index (κ2) is 9.35. The second-order valence-corrected chi connectivity index (χ2v) is 12.4. The Balaban J connectivity index is 1.36. The highest BCUT2D eigenvalue weighted by Crippen LogP contribution is 2.62. The average molecular weight is 494 g/mol. The SMILES string of the molecule is C=C1CC[C@H]2C(C)(C)CCC[C@]2(C)[C@H]1C[C@@H]1OC(=O)C[C@H]1C(=O)N1C(=O)OC[C@H]1Cc1ccccc1. The molecule has 5 rings (SSSR count). The maximum atomic E-state index is 13.8. The number of imide groups is 1. The molecule has 0 aromatic heterocycles. The topological polar surface area (TPSA) is 72.9 Å². The van der Waals surface area contributed by atoms with Crippen LogP contribution in [0.1, 0.15) is 71.3 Å². The Labute approximate surface area is 214 Å². The molecule has 2 saturated heterocycles. The maximum Gasteiger partial charge on any atom is 0.416 e. The van der Waals surface area contributed by atoms with Gasteiger partial charge in [0.2, 0.25) is 5.91 Å². The molecule has 0 unspecified atom stereocenters. The minimum atomic E-state index is -0.671. The van der Waals surface area contributed by atoms with E-state index in [2.05, 4.69) is 27.4 Å². The molecule has 2 aliphatic carbocycles. The molecule has 4 fully saturated rings. The van der Waals surface area contributed by atoms with E-state index in [1.807, 2.05) is 30.3 Å². The van der Waals surface area contributed by atoms with Gasteiger partial charge >= 0.3 is 12.1 Å². The van der Waals surface area contributed by atoms with Crippen molar-refractivity contribution in [2.24, 2.45) is 28.6 Å². The van der Waals surface area contributed by atoms with Crippen LogP contribution in [0.15, 0.2) is 42.5 Å². The van der Waals surface area contributed by atoms with Crippen molar-refractivity contribution in [2.45, 2.75) is 84.3 Å². The van der Waals surface area contributed by atoms with Crippen LogP contribution >= 0.6 is 0 Å². The molecule has 1 aromatic rings. The summed E-state index contributed by atoms with van der Waals surface area (Å²) in [6.45, 7) is 11.8. The minimum Gasteiger partial charge on any atom is -0.461 e. The lowest BCUT2D eigenvalue weighted by molar-refractivity contribution is -0.144. The van der Waals surface area contributed by atoms with Gasteiger partial charge in [-0.05, 0) is 66.8 Å². The van der Waals surface area contributed by atoms with Gasteiger partial charge in [-0.15, -0.1) is 0 Å². The molecule has 0 bridgehead atoms. The third-order valence-electron chi connectivity index (χ3n) is 9.73. The van der Waals surface area contributed by atoms with Gasteiger partial charge in [-0.3, -0.25) is 9.59 Å². The van der Waals surface area contributed by atoms with Gasteiger partial charge in [-0.25, -0.2) is 9.69 Å². The fourth-order valence-electron chi connectivity index (χ4n) is 7.96. The standard InChI is InChI=1S/C30H39NO5/c1-19-11-12-25-29(2,3)13-8-14-30(25,4)23(19)17-24-22(16-26(32)36-24)27(33)31-21(18-35-28(31)34)15-20-9-6-5-7-10-20/h5-7,9-10,21-25H,1,8,11-18H2,2-4H3/t21-,22-,23+,24+,25+,30-/m1/s1. The van der Waals surface area contributed by atoms with E-state index in [-0.39, 0.29) is 47.7 Å². The molecule has 6 nitrogen and oxygen atoms in total. The number of fused-ring (bicyclic) bond motifs is 1. The van der Waals surface area contributed by atoms with Crippen molar-refractivity contribution in [3.05, 3.63) is 48.0 Å². The zero-order chi connectivity index (χ0) is 25.7. The number of nitrogens with zero attached hydrogens (tertiary/aromatic N) is 1. The van der Waals surface area contributed by atoms with Crippen LogP contribution in [-0.4, -0.2) is 41.6 Å². The van der Waals surface area contributed by atoms with E-state index in [9.17, 15) is 14.4 Å². The quantitative estimate of drug-likeness (QED) is 0.389. The molecule has 2 aliphatic heterocycles. The predicted molar refractivity (Wildman–Crippen MR) is 136 cm³/mol. The van der Waals surface area contributed by atoms with Crippen molar-refractivity contribution in [3.63, 3.8) is 0 Å². The van der Waals surface area contributed by atoms with Crippen molar-refractivity contribution in [3.8, 4) is 0 Å². The van der Waals surface area contributed by atoms with Crippen LogP contribution < -0.4 is 0 Å². The minimum absolute atomic E-state index is 0.0101. The monoisotopic (exact) mass is 493 g/mol. The van der Waals surface area contributed by atoms with E-state index < -0.39 is 18.1 Å². The van der Waals surface area contributed by atoms with Crippen LogP contribution in [-0.2, 0) is 25.5 Å². The molecule has 194 valence electrons. The molecule has 1 aromatic carbocycles. The van der Waals surface area contributed by atoms with Gasteiger partial charge in [0.1, 0.15) is 12.7 Å². The van der Waals surface area contributed by atoms with E-state index in [4.69, 9.17) is 9.47 Å². The largest absolute Gasteiger partial charge is 0.461 e. The number of allylic oxidation sites excluding steroid dienone is 1. The zero-order valence-electron chi connectivity index (χ0n) is 21.8. The molecule has 36 heavy (non-hydrogen) atoms. The highest BCUT2D eigenvalue weighted by atomic mass is 16.6. The molecular formula is C30H39NO5. The number of carbonyl (C=O) groups is 3. The van der Waals surface area contributed by atoms with Crippen LogP contribution in [0.2, 0.25) is 0 Å². The van der Waals surface area contributed by atoms with Crippen LogP contribution in [0.5, 0.6) is 0 Å². The number of hydrogen-bond acceptors (Lipinski definition) is 5. The normalized spacial score (nSPS) is 35.8. The smallest absolute Gasteiger partial charge is 0.416 e. The Hall–Kier alpha value is -2.63. The van der Waals surface area contributed by atoms with Crippen molar-refractivity contribution in [1.29, 1.82) is 0 Å². The summed E-state index contributed by atoms with van der Waals surface area (Å²) >= 11 is 0. The summed E-state index contributed by atoms with van der Waals surface area (Å²) in [7, 11) is 0. The summed E-state index contributed by atoms with van der Waals surface area (Å²) in [5.41, 5.74) is 2.58. The van der Waals surface area contributed by atoms with E-state index >= 15 is 0 Å². The van der Waals surface area contributed by atoms with Gasteiger partial charge in [0.15, 0.2) is 0 Å². The van der Waals surface area contributed by atoms with Crippen LogP contribution in [0, 0.1) is 28.6 Å². The Morgan fingerprint density at radius 3 is 2.64 bits per heavy atom. The average Bonchev–Trinajstić information content (AvgIpc) is 3.37. The summed E-state index contributed by atoms with van der Waals surface area (Å²) in [6, 6.07) is 9.40. The van der Waals surface area contributed by atoms with Gasteiger partial charge in [-0.1, -0.05) is 69.7 Å². The third kappa shape index (κ3) is 4.37. The third-order valence-corrected chi connectivity index (χ3v) is 9.73. The maximum absolute atomic E-state index is 13.8. The Morgan fingerprint density at radius 1 is 1.14 bits per heavy atom. The fraction of sp³-hybridized carbons (Fsp3) is 0.633. The van der Waals surface area contributed by atoms with Gasteiger partial charge in [0.25, 0.3) is 0 Å². The molecule has 2 amide bonds. The fourth-order valence-corrected chi connectivity index (χ4v) is 7.96. The number of ether oxygens (including phenoxy) is 2. The van der Waals surface area contributed by atoms with Gasteiger partial charge in [0.05, 0.1) is 18.4 Å². The first-order chi connectivity index (χ1) is 17.1. The molecule has 0 radical (unpaired) electrons. The van der Waals surface area contributed by atoms with Crippen LogP contribution in [0.25, 0.3) is 0 Å². The molecule has 0 spiro atoms. The van der Waals surface area contributed by atoms with Crippen molar-refractivity contribution in [1.82, 2.24) is 4.90 Å². The lowest BCUT2D eigenvalue weighted by Gasteiger charge is -2.58. The Bertz CT molecular complexity index is 1050. The van der Waals surface area contributed by atoms with Crippen molar-refractivity contribution >= 4 is 18.0 Å². The van der Waals surface area contributed by atoms with E-state index in [0.717, 1.165) is 24.8 Å². The first-order valence-corrected chi connectivity index (χ1v) is 13.5. The summed E-state index contributed by atoms with van der Waals surface area (Å²) in [6.07, 6.45) is 5.62. The number of benzene rings is 1. The summed E-state index contributed by atoms with van der Waals surface area (Å²) < 4.78 is 11.1. The Kier molecular flexibility index (Phi) is 6.50. The molecule has 4 aliphatic rings. The molecule has 2 saturated carbocycles. The highest BCUT2D eigenvalue weighted by Gasteiger charge is 2.55. The predicted octanol–water partition coefficient (Wildman–Crippen LogP) is 5.70. The summed E-state index contributed by atoms with van der Waals surface area (Å²) in [5.74, 6) is -0.620. The first kappa shape index (κ1) is 25.0. The second-order valence-electron chi connectivity index (χ2n) is 12.4. The van der Waals surface area contributed by atoms with Crippen LogP contribution in [0.4, 0.5) is 4.79 Å². The number of carbonyl (C=O) groups excluding carboxylic acids is 3. The highest BCUT2D eigenvalue weighted by molar-refractivity contribution is 5.97. The number of esters is 1. The lowest BCUT2D eigenvalue weighted by atomic mass is 9.47. The van der Waals surface area contributed by atoms with E-state index in [1.54, 1.807) is 0 Å². The van der Waals surface area contributed by atoms with Crippen molar-refractivity contribution < 1.29 is 23.9 Å². The molecular weight excluding hydrogens is 454 g/mol. The molecule has 0 N–H and O–H groups in total. The molecule has 6 heteroatoms. The molecule has 6 atom stereocenters. The number of rotatable bonds is 5. The van der Waals surface area contributed by atoms with E-state index in [1.165, 1.54) is 23.3 Å². The van der Waals surface area contributed by atoms with E-state index in [0.29, 0.717) is 18.8 Å². The van der Waals surface area contributed by atoms with Gasteiger partial charge < -0.3 is 9.47 Å². The summed E-state index contributed by atoms with van der Waals surface area (Å²) in [5, 5.41) is 0. The lowest BCUT2D eigenvalue weighted by Crippen LogP contribution is -2.51. The van der Waals surface area contributed by atoms with Gasteiger partial charge in [0, 0.05) is 0 Å². The Morgan fingerprint density at radius 2 is 1.89 bits per heavy atom. The molecule has 2 heterocycles.